The molecule has 11 heteroatoms. The molecule has 1 heterocycles. The van der Waals surface area contributed by atoms with Crippen molar-refractivity contribution in [1.82, 2.24) is 0 Å². The van der Waals surface area contributed by atoms with E-state index in [-0.39, 0.29) is 23.7 Å². The van der Waals surface area contributed by atoms with Gasteiger partial charge in [0.25, 0.3) is 0 Å². The summed E-state index contributed by atoms with van der Waals surface area (Å²) in [4.78, 5) is -0.272. The van der Waals surface area contributed by atoms with Gasteiger partial charge in [-0.2, -0.15) is 22.0 Å². The van der Waals surface area contributed by atoms with E-state index < -0.39 is 58.9 Å². The number of alkyl halides is 5. The summed E-state index contributed by atoms with van der Waals surface area (Å²) in [6.07, 6.45) is 7.50. The van der Waals surface area contributed by atoms with Crippen molar-refractivity contribution in [3.05, 3.63) is 41.2 Å². The number of unbranched alkanes of at least 4 members (excludes halogenated alkanes) is 9. The largest absolute Gasteiger partial charge is 0.444 e. The Morgan fingerprint density at radius 3 is 1.74 bits per heavy atom. The van der Waals surface area contributed by atoms with Crippen LogP contribution in [0.1, 0.15) is 76.7 Å². The van der Waals surface area contributed by atoms with E-state index in [1.165, 1.54) is 0 Å². The van der Waals surface area contributed by atoms with Gasteiger partial charge in [-0.15, -0.1) is 0 Å². The van der Waals surface area contributed by atoms with E-state index in [0.717, 1.165) is 44.9 Å². The summed E-state index contributed by atoms with van der Waals surface area (Å²) in [5.74, 6) is -24.1. The maximum Gasteiger partial charge on any atom is 0.403 e. The summed E-state index contributed by atoms with van der Waals surface area (Å²) < 4.78 is 133. The Hall–Kier alpha value is -2.07. The second-order valence-electron chi connectivity index (χ2n) is 8.74. The van der Waals surface area contributed by atoms with Crippen LogP contribution in [-0.4, -0.2) is 24.4 Å². The maximum atomic E-state index is 15.6. The standard InChI is InChI=1S/C24H30F9NO/c1-3-4-5-6-7-8-9-10-11-12-14-34(21-16(2)17(25)18(26)19(27)20(21)28)24(33)23(31,32)22(29,30)13-15-35-24/h13,15H,3-12,14H2,1-2H3. The van der Waals surface area contributed by atoms with Crippen molar-refractivity contribution in [3.63, 3.8) is 0 Å². The molecule has 0 radical (unpaired) electrons. The minimum Gasteiger partial charge on any atom is -0.444 e. The average molecular weight is 519 g/mol. The molecule has 1 aromatic rings. The molecule has 1 aliphatic rings. The van der Waals surface area contributed by atoms with Crippen LogP contribution < -0.4 is 4.90 Å². The lowest BCUT2D eigenvalue weighted by Crippen LogP contribution is -2.67. The van der Waals surface area contributed by atoms with Crippen LogP contribution in [-0.2, 0) is 4.74 Å². The van der Waals surface area contributed by atoms with Crippen molar-refractivity contribution in [1.29, 1.82) is 0 Å². The molecule has 35 heavy (non-hydrogen) atoms. The van der Waals surface area contributed by atoms with Crippen LogP contribution in [0.4, 0.5) is 45.2 Å². The van der Waals surface area contributed by atoms with Crippen molar-refractivity contribution in [2.24, 2.45) is 0 Å². The number of nitrogens with zero attached hydrogens (tertiary/aromatic N) is 1. The fourth-order valence-electron chi connectivity index (χ4n) is 4.03. The first kappa shape index (κ1) is 29.2. The average Bonchev–Trinajstić information content (AvgIpc) is 2.80. The van der Waals surface area contributed by atoms with Gasteiger partial charge in [-0.3, -0.25) is 4.90 Å². The molecule has 1 aromatic carbocycles. The smallest absolute Gasteiger partial charge is 0.403 e. The zero-order valence-electron chi connectivity index (χ0n) is 19.7. The summed E-state index contributed by atoms with van der Waals surface area (Å²) in [5, 5.41) is 0. The Kier molecular flexibility index (Phi) is 9.81. The fourth-order valence-corrected chi connectivity index (χ4v) is 4.03. The minimum absolute atomic E-state index is 0.0214. The molecule has 200 valence electrons. The third kappa shape index (κ3) is 5.85. The summed E-state index contributed by atoms with van der Waals surface area (Å²) >= 11 is 0. The van der Waals surface area contributed by atoms with Crippen molar-refractivity contribution >= 4 is 5.69 Å². The molecule has 0 aliphatic carbocycles. The van der Waals surface area contributed by atoms with Crippen molar-refractivity contribution < 1.29 is 44.3 Å². The van der Waals surface area contributed by atoms with E-state index in [2.05, 4.69) is 11.7 Å². The fraction of sp³-hybridized carbons (Fsp3) is 0.667. The Labute approximate surface area is 199 Å². The molecule has 1 aliphatic heterocycles. The first-order chi connectivity index (χ1) is 16.3. The molecule has 0 bridgehead atoms. The summed E-state index contributed by atoms with van der Waals surface area (Å²) in [5.41, 5.74) is -2.52. The zero-order valence-corrected chi connectivity index (χ0v) is 19.7. The molecule has 2 nitrogen and oxygen atoms in total. The van der Waals surface area contributed by atoms with Gasteiger partial charge in [0, 0.05) is 18.2 Å². The van der Waals surface area contributed by atoms with Gasteiger partial charge in [0.1, 0.15) is 0 Å². The minimum atomic E-state index is -5.58. The second-order valence-corrected chi connectivity index (χ2v) is 8.74. The summed E-state index contributed by atoms with van der Waals surface area (Å²) in [7, 11) is 0. The van der Waals surface area contributed by atoms with Crippen LogP contribution in [0, 0.1) is 30.2 Å². The molecule has 0 aromatic heterocycles. The highest BCUT2D eigenvalue weighted by molar-refractivity contribution is 5.57. The van der Waals surface area contributed by atoms with E-state index in [4.69, 9.17) is 0 Å². The van der Waals surface area contributed by atoms with Crippen LogP contribution >= 0.6 is 0 Å². The Morgan fingerprint density at radius 1 is 0.714 bits per heavy atom. The van der Waals surface area contributed by atoms with Gasteiger partial charge in [-0.25, -0.2) is 17.6 Å². The van der Waals surface area contributed by atoms with Gasteiger partial charge in [0.15, 0.2) is 23.3 Å². The van der Waals surface area contributed by atoms with E-state index in [1.54, 1.807) is 0 Å². The molecule has 1 unspecified atom stereocenters. The number of ether oxygens (including phenoxy) is 1. The van der Waals surface area contributed by atoms with Crippen molar-refractivity contribution in [3.8, 4) is 0 Å². The summed E-state index contributed by atoms with van der Waals surface area (Å²) in [6.45, 7) is 1.94. The van der Waals surface area contributed by atoms with Crippen LogP contribution in [0.2, 0.25) is 0 Å². The number of hydrogen-bond acceptors (Lipinski definition) is 2. The van der Waals surface area contributed by atoms with Crippen LogP contribution in [0.3, 0.4) is 0 Å². The lowest BCUT2D eigenvalue weighted by atomic mass is 10.0. The van der Waals surface area contributed by atoms with Gasteiger partial charge in [0.2, 0.25) is 0 Å². The zero-order chi connectivity index (χ0) is 26.4. The Balaban J connectivity index is 2.26. The molecule has 0 N–H and O–H groups in total. The van der Waals surface area contributed by atoms with Crippen LogP contribution in [0.25, 0.3) is 0 Å². The lowest BCUT2D eigenvalue weighted by Gasteiger charge is -2.45. The SMILES string of the molecule is CCCCCCCCCCCCN(c1c(C)c(F)c(F)c(F)c1F)C1(F)OC=CC(F)(F)C1(F)F. The first-order valence-electron chi connectivity index (χ1n) is 11.7. The van der Waals surface area contributed by atoms with E-state index in [9.17, 15) is 35.1 Å². The predicted molar refractivity (Wildman–Crippen MR) is 114 cm³/mol. The van der Waals surface area contributed by atoms with E-state index >= 15 is 4.39 Å². The van der Waals surface area contributed by atoms with Crippen LogP contribution in [0.5, 0.6) is 0 Å². The molecule has 0 saturated carbocycles. The predicted octanol–water partition coefficient (Wildman–Crippen LogP) is 8.72. The molecule has 0 fully saturated rings. The number of hydrogen-bond donors (Lipinski definition) is 0. The van der Waals surface area contributed by atoms with Gasteiger partial charge in [-0.05, 0) is 13.3 Å². The Bertz CT molecular complexity index is 861. The van der Waals surface area contributed by atoms with Gasteiger partial charge in [-0.1, -0.05) is 64.7 Å². The van der Waals surface area contributed by atoms with Crippen molar-refractivity contribution in [2.75, 3.05) is 11.4 Å². The number of anilines is 1. The quantitative estimate of drug-likeness (QED) is 0.0850. The molecule has 0 saturated heterocycles. The van der Waals surface area contributed by atoms with E-state index in [0.29, 0.717) is 19.8 Å². The maximum absolute atomic E-state index is 15.6. The van der Waals surface area contributed by atoms with Gasteiger partial charge in [0.05, 0.1) is 11.9 Å². The highest BCUT2D eigenvalue weighted by Crippen LogP contribution is 2.52. The third-order valence-electron chi connectivity index (χ3n) is 6.13. The van der Waals surface area contributed by atoms with Crippen molar-refractivity contribution in [2.45, 2.75) is 95.9 Å². The monoisotopic (exact) mass is 519 g/mol. The molecule has 1 atom stereocenters. The molecule has 0 amide bonds. The number of benzene rings is 1. The summed E-state index contributed by atoms with van der Waals surface area (Å²) in [6, 6.07) is 0. The normalized spacial score (nSPS) is 20.7. The molecule has 0 spiro atoms. The van der Waals surface area contributed by atoms with Gasteiger partial charge < -0.3 is 4.74 Å². The first-order valence-corrected chi connectivity index (χ1v) is 11.7. The van der Waals surface area contributed by atoms with Gasteiger partial charge >= 0.3 is 17.8 Å². The lowest BCUT2D eigenvalue weighted by molar-refractivity contribution is -0.332. The third-order valence-corrected chi connectivity index (χ3v) is 6.13. The second kappa shape index (κ2) is 11.8. The van der Waals surface area contributed by atoms with E-state index in [1.807, 2.05) is 0 Å². The number of allylic oxidation sites excluding steroid dienone is 1. The number of rotatable bonds is 13. The molecular formula is C24H30F9NO. The highest BCUT2D eigenvalue weighted by atomic mass is 19.3. The number of halogens is 9. The van der Waals surface area contributed by atoms with Crippen LogP contribution in [0.15, 0.2) is 12.3 Å². The Morgan fingerprint density at radius 2 is 1.20 bits per heavy atom. The highest BCUT2D eigenvalue weighted by Gasteiger charge is 2.76. The molecule has 2 rings (SSSR count). The molecular weight excluding hydrogens is 489 g/mol. The topological polar surface area (TPSA) is 12.5 Å².